The summed E-state index contributed by atoms with van der Waals surface area (Å²) in [6.07, 6.45) is 5.66. The minimum atomic E-state index is -0.268. The van der Waals surface area contributed by atoms with E-state index in [1.165, 1.54) is 12.3 Å². The van der Waals surface area contributed by atoms with Gasteiger partial charge in [0.15, 0.2) is 0 Å². The van der Waals surface area contributed by atoms with E-state index in [0.29, 0.717) is 11.5 Å². The maximum absolute atomic E-state index is 11.8. The lowest BCUT2D eigenvalue weighted by Crippen LogP contribution is -2.30. The molecule has 0 saturated heterocycles. The van der Waals surface area contributed by atoms with Crippen LogP contribution in [0, 0.1) is 5.92 Å². The van der Waals surface area contributed by atoms with Crippen molar-refractivity contribution in [2.24, 2.45) is 16.6 Å². The summed E-state index contributed by atoms with van der Waals surface area (Å²) in [7, 11) is 0. The fraction of sp³-hybridized carbons (Fsp3) is 0.333. The number of hydrogen-bond acceptors (Lipinski definition) is 3. The summed E-state index contributed by atoms with van der Waals surface area (Å²) >= 11 is 0. The molecule has 0 aromatic carbocycles. The molecular formula is C12H17N3O. The second kappa shape index (κ2) is 5.30. The van der Waals surface area contributed by atoms with E-state index in [4.69, 9.17) is 5.73 Å². The second-order valence-electron chi connectivity index (χ2n) is 3.80. The SMILES string of the molecule is C=CC=N/C1=C(\C)C(C)C/C=C(\N)NC1=O. The highest BCUT2D eigenvalue weighted by Crippen LogP contribution is 2.21. The van der Waals surface area contributed by atoms with Crippen LogP contribution in [0.15, 0.2) is 40.8 Å². The van der Waals surface area contributed by atoms with Crippen molar-refractivity contribution in [3.8, 4) is 0 Å². The van der Waals surface area contributed by atoms with Crippen LogP contribution in [0.4, 0.5) is 0 Å². The van der Waals surface area contributed by atoms with Gasteiger partial charge in [0.05, 0.1) is 5.82 Å². The molecule has 0 fully saturated rings. The number of hydrogen-bond donors (Lipinski definition) is 2. The van der Waals surface area contributed by atoms with Crippen LogP contribution in [0.25, 0.3) is 0 Å². The molecule has 0 bridgehead atoms. The van der Waals surface area contributed by atoms with Gasteiger partial charge in [-0.15, -0.1) is 0 Å². The lowest BCUT2D eigenvalue weighted by molar-refractivity contribution is -0.117. The zero-order valence-corrected chi connectivity index (χ0v) is 9.66. The standard InChI is InChI=1S/C12H17N3O/c1-4-7-14-11-9(3)8(2)5-6-10(13)15-12(11)16/h4,6-8H,1,5,13H2,2-3H3,(H,15,16)/b10-6+,11-9+,14-7?. The van der Waals surface area contributed by atoms with Crippen LogP contribution in [0.3, 0.4) is 0 Å². The summed E-state index contributed by atoms with van der Waals surface area (Å²) in [5, 5.41) is 2.59. The van der Waals surface area contributed by atoms with Crippen LogP contribution < -0.4 is 11.1 Å². The summed E-state index contributed by atoms with van der Waals surface area (Å²) in [5.74, 6) is 0.369. The van der Waals surface area contributed by atoms with Crippen LogP contribution in [-0.2, 0) is 4.79 Å². The Labute approximate surface area is 95.6 Å². The molecule has 1 rings (SSSR count). The third-order valence-corrected chi connectivity index (χ3v) is 2.59. The minimum absolute atomic E-state index is 0.251. The predicted octanol–water partition coefficient (Wildman–Crippen LogP) is 1.47. The van der Waals surface area contributed by atoms with Crippen molar-refractivity contribution in [2.45, 2.75) is 20.3 Å². The molecule has 1 amide bonds. The molecule has 4 heteroatoms. The summed E-state index contributed by atoms with van der Waals surface area (Å²) in [6.45, 7) is 7.49. The Kier molecular flexibility index (Phi) is 4.05. The van der Waals surface area contributed by atoms with Crippen LogP contribution in [0.5, 0.6) is 0 Å². The van der Waals surface area contributed by atoms with Gasteiger partial charge in [0, 0.05) is 6.21 Å². The van der Waals surface area contributed by atoms with Crippen LogP contribution >= 0.6 is 0 Å². The average Bonchev–Trinajstić information content (AvgIpc) is 2.25. The van der Waals surface area contributed by atoms with E-state index < -0.39 is 0 Å². The Balaban J connectivity index is 3.10. The van der Waals surface area contributed by atoms with E-state index in [0.717, 1.165) is 12.0 Å². The van der Waals surface area contributed by atoms with Gasteiger partial charge >= 0.3 is 0 Å². The molecule has 1 aliphatic heterocycles. The van der Waals surface area contributed by atoms with Gasteiger partial charge in [-0.05, 0) is 30.9 Å². The van der Waals surface area contributed by atoms with Crippen molar-refractivity contribution in [3.63, 3.8) is 0 Å². The number of aliphatic imine (C=N–C) groups is 1. The van der Waals surface area contributed by atoms with Crippen molar-refractivity contribution < 1.29 is 4.79 Å². The van der Waals surface area contributed by atoms with Crippen LogP contribution in [0.2, 0.25) is 0 Å². The maximum Gasteiger partial charge on any atom is 0.275 e. The number of nitrogens with two attached hydrogens (primary N) is 1. The first-order valence-corrected chi connectivity index (χ1v) is 5.19. The summed E-state index contributed by atoms with van der Waals surface area (Å²) in [4.78, 5) is 15.9. The van der Waals surface area contributed by atoms with E-state index >= 15 is 0 Å². The van der Waals surface area contributed by atoms with Crippen molar-refractivity contribution in [2.75, 3.05) is 0 Å². The molecule has 0 aromatic heterocycles. The highest BCUT2D eigenvalue weighted by Gasteiger charge is 2.18. The number of nitrogens with one attached hydrogen (secondary N) is 1. The monoisotopic (exact) mass is 219 g/mol. The van der Waals surface area contributed by atoms with Gasteiger partial charge in [-0.2, -0.15) is 0 Å². The summed E-state index contributed by atoms with van der Waals surface area (Å²) in [6, 6.07) is 0. The quantitative estimate of drug-likeness (QED) is 0.691. The van der Waals surface area contributed by atoms with Gasteiger partial charge in [-0.1, -0.05) is 19.6 Å². The van der Waals surface area contributed by atoms with E-state index in [2.05, 4.69) is 16.9 Å². The molecule has 16 heavy (non-hydrogen) atoms. The molecule has 0 radical (unpaired) electrons. The summed E-state index contributed by atoms with van der Waals surface area (Å²) in [5.41, 5.74) is 7.01. The Hall–Kier alpha value is -1.84. The van der Waals surface area contributed by atoms with Gasteiger partial charge in [-0.3, -0.25) is 9.79 Å². The lowest BCUT2D eigenvalue weighted by Gasteiger charge is -2.17. The van der Waals surface area contributed by atoms with E-state index in [-0.39, 0.29) is 11.8 Å². The number of allylic oxidation sites excluding steroid dienone is 3. The zero-order valence-electron chi connectivity index (χ0n) is 9.66. The Morgan fingerprint density at radius 2 is 2.38 bits per heavy atom. The molecule has 1 heterocycles. The third kappa shape index (κ3) is 2.82. The van der Waals surface area contributed by atoms with Gasteiger partial charge in [0.1, 0.15) is 5.70 Å². The molecule has 86 valence electrons. The number of rotatable bonds is 2. The first kappa shape index (κ1) is 12.2. The summed E-state index contributed by atoms with van der Waals surface area (Å²) < 4.78 is 0. The average molecular weight is 219 g/mol. The third-order valence-electron chi connectivity index (χ3n) is 2.59. The molecular weight excluding hydrogens is 202 g/mol. The van der Waals surface area contributed by atoms with E-state index in [1.54, 1.807) is 0 Å². The Morgan fingerprint density at radius 3 is 3.00 bits per heavy atom. The largest absolute Gasteiger partial charge is 0.385 e. The molecule has 1 unspecified atom stereocenters. The molecule has 0 aliphatic carbocycles. The highest BCUT2D eigenvalue weighted by atomic mass is 16.2. The predicted molar refractivity (Wildman–Crippen MR) is 65.6 cm³/mol. The number of carbonyl (C=O) groups excluding carboxylic acids is 1. The molecule has 1 aliphatic rings. The molecule has 3 N–H and O–H groups in total. The fourth-order valence-corrected chi connectivity index (χ4v) is 1.42. The normalized spacial score (nSPS) is 30.2. The van der Waals surface area contributed by atoms with Crippen LogP contribution in [0.1, 0.15) is 20.3 Å². The molecule has 0 saturated carbocycles. The zero-order chi connectivity index (χ0) is 12.1. The minimum Gasteiger partial charge on any atom is -0.385 e. The highest BCUT2D eigenvalue weighted by molar-refractivity contribution is 5.96. The van der Waals surface area contributed by atoms with Gasteiger partial charge in [0.25, 0.3) is 5.91 Å². The topological polar surface area (TPSA) is 67.5 Å². The number of carbonyl (C=O) groups is 1. The molecule has 1 atom stereocenters. The number of nitrogens with zero attached hydrogens (tertiary/aromatic N) is 1. The van der Waals surface area contributed by atoms with Crippen LogP contribution in [-0.4, -0.2) is 12.1 Å². The number of amides is 1. The van der Waals surface area contributed by atoms with Crippen molar-refractivity contribution in [3.05, 3.63) is 35.8 Å². The first-order chi connectivity index (χ1) is 7.56. The van der Waals surface area contributed by atoms with E-state index in [9.17, 15) is 4.79 Å². The Morgan fingerprint density at radius 1 is 1.69 bits per heavy atom. The van der Waals surface area contributed by atoms with Crippen molar-refractivity contribution >= 4 is 12.1 Å². The first-order valence-electron chi connectivity index (χ1n) is 5.19. The van der Waals surface area contributed by atoms with Gasteiger partial charge < -0.3 is 11.1 Å². The van der Waals surface area contributed by atoms with Crippen molar-refractivity contribution in [1.82, 2.24) is 5.32 Å². The maximum atomic E-state index is 11.8. The molecule has 0 spiro atoms. The molecule has 0 aromatic rings. The van der Waals surface area contributed by atoms with Gasteiger partial charge in [-0.25, -0.2) is 0 Å². The Bertz CT molecular complexity index is 391. The molecule has 4 nitrogen and oxygen atoms in total. The lowest BCUT2D eigenvalue weighted by atomic mass is 9.95. The fourth-order valence-electron chi connectivity index (χ4n) is 1.42. The van der Waals surface area contributed by atoms with E-state index in [1.807, 2.05) is 19.9 Å². The van der Waals surface area contributed by atoms with Gasteiger partial charge in [0.2, 0.25) is 0 Å². The van der Waals surface area contributed by atoms with Crippen molar-refractivity contribution in [1.29, 1.82) is 0 Å². The smallest absolute Gasteiger partial charge is 0.275 e. The second-order valence-corrected chi connectivity index (χ2v) is 3.80.